The summed E-state index contributed by atoms with van der Waals surface area (Å²) in [5, 5.41) is 13.9. The van der Waals surface area contributed by atoms with Crippen LogP contribution in [0.25, 0.3) is 0 Å². The Balaban J connectivity index is 2.37. The van der Waals surface area contributed by atoms with Crippen LogP contribution in [0.15, 0.2) is 27.8 Å². The van der Waals surface area contributed by atoms with E-state index < -0.39 is 5.82 Å². The number of unbranched alkanes of at least 4 members (excludes halogenated alkanes) is 1. The number of halogens is 2. The maximum Gasteiger partial charge on any atom is 0.252 e. The Bertz CT molecular complexity index is 480. The van der Waals surface area contributed by atoms with Crippen molar-refractivity contribution >= 4 is 27.7 Å². The molecule has 104 valence electrons. The van der Waals surface area contributed by atoms with E-state index in [9.17, 15) is 9.18 Å². The summed E-state index contributed by atoms with van der Waals surface area (Å²) in [6, 6.07) is 3.94. The van der Waals surface area contributed by atoms with Crippen LogP contribution >= 0.6 is 15.9 Å². The summed E-state index contributed by atoms with van der Waals surface area (Å²) in [5.74, 6) is -0.630. The summed E-state index contributed by atoms with van der Waals surface area (Å²) in [4.78, 5) is 11.8. The number of nitrogens with zero attached hydrogens (tertiary/aromatic N) is 1. The summed E-state index contributed by atoms with van der Waals surface area (Å²) in [5.41, 5.74) is 5.57. The van der Waals surface area contributed by atoms with Gasteiger partial charge in [-0.15, -0.1) is 0 Å². The molecule has 0 aromatic heterocycles. The Labute approximate surface area is 118 Å². The topological polar surface area (TPSA) is 87.7 Å². The number of hydrogen-bond acceptors (Lipinski definition) is 3. The molecule has 1 aromatic rings. The monoisotopic (exact) mass is 331 g/mol. The second kappa shape index (κ2) is 7.73. The van der Waals surface area contributed by atoms with E-state index >= 15 is 0 Å². The van der Waals surface area contributed by atoms with E-state index in [-0.39, 0.29) is 17.3 Å². The second-order valence-corrected chi connectivity index (χ2v) is 4.78. The standard InChI is InChI=1S/C12H15BrFN3O2/c13-10-5-4-8(14)7-9(10)12(18)16-6-2-1-3-11(15)17-19/h4-5,7,19H,1-3,6H2,(H2,15,17)(H,16,18). The molecule has 0 radical (unpaired) electrons. The van der Waals surface area contributed by atoms with Gasteiger partial charge in [0.05, 0.1) is 5.56 Å². The Morgan fingerprint density at radius 1 is 1.47 bits per heavy atom. The minimum atomic E-state index is -0.458. The molecule has 0 bridgehead atoms. The molecule has 1 aromatic carbocycles. The summed E-state index contributed by atoms with van der Waals surface area (Å²) >= 11 is 3.19. The quantitative estimate of drug-likeness (QED) is 0.245. The highest BCUT2D eigenvalue weighted by Crippen LogP contribution is 2.17. The highest BCUT2D eigenvalue weighted by Gasteiger charge is 2.10. The number of amidine groups is 1. The number of nitrogens with one attached hydrogen (secondary N) is 1. The van der Waals surface area contributed by atoms with E-state index in [1.807, 2.05) is 0 Å². The van der Waals surface area contributed by atoms with Crippen LogP contribution in [-0.2, 0) is 0 Å². The van der Waals surface area contributed by atoms with Crippen LogP contribution in [-0.4, -0.2) is 23.5 Å². The molecule has 0 saturated heterocycles. The first-order chi connectivity index (χ1) is 9.04. The van der Waals surface area contributed by atoms with Crippen LogP contribution in [0.4, 0.5) is 4.39 Å². The van der Waals surface area contributed by atoms with Crippen molar-refractivity contribution in [1.82, 2.24) is 5.32 Å². The van der Waals surface area contributed by atoms with Crippen molar-refractivity contribution in [2.75, 3.05) is 6.54 Å². The van der Waals surface area contributed by atoms with Crippen LogP contribution < -0.4 is 11.1 Å². The Morgan fingerprint density at radius 3 is 2.89 bits per heavy atom. The smallest absolute Gasteiger partial charge is 0.252 e. The molecule has 0 heterocycles. The molecule has 4 N–H and O–H groups in total. The molecular formula is C12H15BrFN3O2. The van der Waals surface area contributed by atoms with Crippen molar-refractivity contribution in [2.45, 2.75) is 19.3 Å². The van der Waals surface area contributed by atoms with E-state index in [4.69, 9.17) is 10.9 Å². The number of carbonyl (C=O) groups excluding carboxylic acids is 1. The minimum Gasteiger partial charge on any atom is -0.409 e. The largest absolute Gasteiger partial charge is 0.409 e. The van der Waals surface area contributed by atoms with Gasteiger partial charge in [-0.3, -0.25) is 4.79 Å². The molecule has 0 atom stereocenters. The van der Waals surface area contributed by atoms with Gasteiger partial charge in [-0.05, 0) is 47.0 Å². The SMILES string of the molecule is NC(CCCCNC(=O)c1cc(F)ccc1Br)=NO. The molecule has 0 aliphatic heterocycles. The molecule has 19 heavy (non-hydrogen) atoms. The minimum absolute atomic E-state index is 0.166. The van der Waals surface area contributed by atoms with Crippen molar-refractivity contribution in [2.24, 2.45) is 10.9 Å². The average Bonchev–Trinajstić information content (AvgIpc) is 2.40. The number of nitrogens with two attached hydrogens (primary N) is 1. The fraction of sp³-hybridized carbons (Fsp3) is 0.333. The lowest BCUT2D eigenvalue weighted by Crippen LogP contribution is -2.25. The Hall–Kier alpha value is -1.63. The summed E-state index contributed by atoms with van der Waals surface area (Å²) in [7, 11) is 0. The molecule has 0 saturated carbocycles. The van der Waals surface area contributed by atoms with Gasteiger partial charge in [0.1, 0.15) is 11.7 Å². The highest BCUT2D eigenvalue weighted by molar-refractivity contribution is 9.10. The maximum absolute atomic E-state index is 13.0. The summed E-state index contributed by atoms with van der Waals surface area (Å²) in [6.07, 6.45) is 1.85. The van der Waals surface area contributed by atoms with Crippen LogP contribution in [0.1, 0.15) is 29.6 Å². The van der Waals surface area contributed by atoms with Crippen molar-refractivity contribution in [1.29, 1.82) is 0 Å². The van der Waals surface area contributed by atoms with Gasteiger partial charge in [-0.1, -0.05) is 5.16 Å². The zero-order chi connectivity index (χ0) is 14.3. The molecular weight excluding hydrogens is 317 g/mol. The van der Waals surface area contributed by atoms with Crippen molar-refractivity contribution < 1.29 is 14.4 Å². The van der Waals surface area contributed by atoms with Crippen LogP contribution in [0.2, 0.25) is 0 Å². The van der Waals surface area contributed by atoms with Gasteiger partial charge in [0.25, 0.3) is 5.91 Å². The third-order valence-corrected chi connectivity index (χ3v) is 3.14. The predicted molar refractivity (Wildman–Crippen MR) is 73.7 cm³/mol. The number of benzene rings is 1. The summed E-state index contributed by atoms with van der Waals surface area (Å²) in [6.45, 7) is 0.445. The first kappa shape index (κ1) is 15.4. The van der Waals surface area contributed by atoms with Crippen LogP contribution in [0, 0.1) is 5.82 Å². The highest BCUT2D eigenvalue weighted by atomic mass is 79.9. The lowest BCUT2D eigenvalue weighted by Gasteiger charge is -2.07. The first-order valence-corrected chi connectivity index (χ1v) is 6.53. The van der Waals surface area contributed by atoms with Gasteiger partial charge in [-0.25, -0.2) is 4.39 Å². The van der Waals surface area contributed by atoms with Gasteiger partial charge in [0.2, 0.25) is 0 Å². The maximum atomic E-state index is 13.0. The number of oxime groups is 1. The molecule has 7 heteroatoms. The molecule has 0 spiro atoms. The number of rotatable bonds is 6. The third-order valence-electron chi connectivity index (χ3n) is 2.45. The predicted octanol–water partition coefficient (Wildman–Crippen LogP) is 2.23. The fourth-order valence-corrected chi connectivity index (χ4v) is 1.88. The van der Waals surface area contributed by atoms with E-state index in [0.29, 0.717) is 30.3 Å². The second-order valence-electron chi connectivity index (χ2n) is 3.93. The van der Waals surface area contributed by atoms with Gasteiger partial charge < -0.3 is 16.3 Å². The Morgan fingerprint density at radius 2 is 2.21 bits per heavy atom. The van der Waals surface area contributed by atoms with Gasteiger partial charge in [-0.2, -0.15) is 0 Å². The molecule has 5 nitrogen and oxygen atoms in total. The van der Waals surface area contributed by atoms with E-state index in [2.05, 4.69) is 26.4 Å². The van der Waals surface area contributed by atoms with Crippen LogP contribution in [0.3, 0.4) is 0 Å². The van der Waals surface area contributed by atoms with Gasteiger partial charge >= 0.3 is 0 Å². The average molecular weight is 332 g/mol. The molecule has 0 fully saturated rings. The molecule has 1 amide bonds. The van der Waals surface area contributed by atoms with Crippen molar-refractivity contribution in [3.8, 4) is 0 Å². The number of hydrogen-bond donors (Lipinski definition) is 3. The number of carbonyl (C=O) groups is 1. The molecule has 0 aliphatic carbocycles. The Kier molecular flexibility index (Phi) is 6.27. The van der Waals surface area contributed by atoms with Crippen molar-refractivity contribution in [3.05, 3.63) is 34.1 Å². The van der Waals surface area contributed by atoms with Gasteiger partial charge in [0.15, 0.2) is 0 Å². The van der Waals surface area contributed by atoms with Crippen molar-refractivity contribution in [3.63, 3.8) is 0 Å². The molecule has 0 aliphatic rings. The normalized spacial score (nSPS) is 11.4. The lowest BCUT2D eigenvalue weighted by atomic mass is 10.2. The first-order valence-electron chi connectivity index (χ1n) is 5.74. The van der Waals surface area contributed by atoms with E-state index in [1.165, 1.54) is 18.2 Å². The zero-order valence-corrected chi connectivity index (χ0v) is 11.8. The molecule has 1 rings (SSSR count). The van der Waals surface area contributed by atoms with Crippen LogP contribution in [0.5, 0.6) is 0 Å². The number of amides is 1. The lowest BCUT2D eigenvalue weighted by molar-refractivity contribution is 0.0952. The summed E-state index contributed by atoms with van der Waals surface area (Å²) < 4.78 is 13.6. The van der Waals surface area contributed by atoms with E-state index in [0.717, 1.165) is 0 Å². The van der Waals surface area contributed by atoms with Gasteiger partial charge in [0, 0.05) is 17.4 Å². The third kappa shape index (κ3) is 5.25. The van der Waals surface area contributed by atoms with E-state index in [1.54, 1.807) is 0 Å². The zero-order valence-electron chi connectivity index (χ0n) is 10.2. The fourth-order valence-electron chi connectivity index (χ4n) is 1.45. The molecule has 0 unspecified atom stereocenters.